The van der Waals surface area contributed by atoms with E-state index >= 15 is 0 Å². The molecular weight excluding hydrogens is 458 g/mol. The van der Waals surface area contributed by atoms with Crippen molar-refractivity contribution in [2.24, 2.45) is 17.1 Å². The maximum Gasteiger partial charge on any atom is 0.118 e. The molecule has 3 aliphatic heterocycles. The highest BCUT2D eigenvalue weighted by atomic mass is 16.5. The zero-order chi connectivity index (χ0) is 25.0. The second-order valence-electron chi connectivity index (χ2n) is 13.2. The third-order valence-corrected chi connectivity index (χ3v) is 11.6. The van der Waals surface area contributed by atoms with E-state index in [2.05, 4.69) is 53.2 Å². The number of nitrogens with two attached hydrogens (primary N) is 1. The first-order valence-corrected chi connectivity index (χ1v) is 14.6. The van der Waals surface area contributed by atoms with Crippen molar-refractivity contribution in [2.75, 3.05) is 13.1 Å². The number of ether oxygens (including phenoxy) is 1. The third kappa shape index (κ3) is 2.97. The third-order valence-electron chi connectivity index (χ3n) is 11.6. The van der Waals surface area contributed by atoms with Crippen LogP contribution in [-0.2, 0) is 4.74 Å². The summed E-state index contributed by atoms with van der Waals surface area (Å²) in [5, 5.41) is 14.4. The molecule has 37 heavy (non-hydrogen) atoms. The van der Waals surface area contributed by atoms with Gasteiger partial charge in [-0.25, -0.2) is 0 Å². The fourth-order valence-corrected chi connectivity index (χ4v) is 9.77. The molecule has 0 radical (unpaired) electrons. The zero-order valence-electron chi connectivity index (χ0n) is 21.9. The fourth-order valence-electron chi connectivity index (χ4n) is 9.77. The Morgan fingerprint density at radius 2 is 1.97 bits per heavy atom. The first-order valence-electron chi connectivity index (χ1n) is 14.6. The normalized spacial score (nSPS) is 44.8. The summed E-state index contributed by atoms with van der Waals surface area (Å²) in [5.41, 5.74) is 9.84. The van der Waals surface area contributed by atoms with Crippen molar-refractivity contribution < 1.29 is 9.84 Å². The monoisotopic (exact) mass is 497 g/mol. The topological polar surface area (TPSA) is 71.6 Å². The van der Waals surface area contributed by atoms with Crippen LogP contribution in [0.2, 0.25) is 0 Å². The quantitative estimate of drug-likeness (QED) is 0.621. The van der Waals surface area contributed by atoms with Gasteiger partial charge in [-0.2, -0.15) is 0 Å². The molecule has 0 amide bonds. The Morgan fingerprint density at radius 1 is 1.08 bits per heavy atom. The van der Waals surface area contributed by atoms with Crippen LogP contribution in [0, 0.1) is 11.3 Å². The van der Waals surface area contributed by atoms with Crippen LogP contribution in [-0.4, -0.2) is 57.5 Å². The Morgan fingerprint density at radius 3 is 2.84 bits per heavy atom. The van der Waals surface area contributed by atoms with Gasteiger partial charge < -0.3 is 15.6 Å². The number of likely N-dealkylation sites (tertiary alicyclic amines) is 1. The lowest BCUT2D eigenvalue weighted by molar-refractivity contribution is -0.185. The highest BCUT2D eigenvalue weighted by Crippen LogP contribution is 2.69. The molecule has 2 saturated carbocycles. The molecule has 1 unspecified atom stereocenters. The first kappa shape index (κ1) is 22.9. The number of fused-ring (bicyclic) bond motifs is 2. The lowest BCUT2D eigenvalue weighted by atomic mass is 9.58. The molecule has 5 nitrogen and oxygen atoms in total. The van der Waals surface area contributed by atoms with Crippen molar-refractivity contribution >= 4 is 10.8 Å². The molecule has 2 spiro atoms. The number of aliphatic hydroxyl groups excluding tert-OH is 1. The van der Waals surface area contributed by atoms with Crippen molar-refractivity contribution in [1.29, 1.82) is 0 Å². The molecular formula is C32H39N3O2. The predicted molar refractivity (Wildman–Crippen MR) is 145 cm³/mol. The molecule has 8 atom stereocenters. The highest BCUT2D eigenvalue weighted by molar-refractivity contribution is 5.82. The van der Waals surface area contributed by atoms with E-state index in [0.717, 1.165) is 51.6 Å². The van der Waals surface area contributed by atoms with Crippen LogP contribution >= 0.6 is 0 Å². The van der Waals surface area contributed by atoms with Gasteiger partial charge in [-0.1, -0.05) is 31.2 Å². The van der Waals surface area contributed by atoms with E-state index in [9.17, 15) is 5.11 Å². The van der Waals surface area contributed by atoms with Crippen LogP contribution in [0.3, 0.4) is 0 Å². The van der Waals surface area contributed by atoms with Crippen molar-refractivity contribution in [1.82, 2.24) is 9.88 Å². The van der Waals surface area contributed by atoms with Crippen molar-refractivity contribution in [2.45, 2.75) is 93.6 Å². The maximum atomic E-state index is 11.9. The van der Waals surface area contributed by atoms with Crippen LogP contribution in [0.25, 0.3) is 10.8 Å². The van der Waals surface area contributed by atoms with E-state index in [1.165, 1.54) is 40.3 Å². The van der Waals surface area contributed by atoms with E-state index in [4.69, 9.17) is 10.5 Å². The maximum absolute atomic E-state index is 11.9. The van der Waals surface area contributed by atoms with E-state index in [-0.39, 0.29) is 23.1 Å². The van der Waals surface area contributed by atoms with E-state index in [0.29, 0.717) is 11.8 Å². The Bertz CT molecular complexity index is 1340. The smallest absolute Gasteiger partial charge is 0.118 e. The largest absolute Gasteiger partial charge is 0.388 e. The molecule has 1 aromatic heterocycles. The lowest BCUT2D eigenvalue weighted by Crippen LogP contribution is -2.62. The number of benzene rings is 1. The van der Waals surface area contributed by atoms with Crippen molar-refractivity contribution in [3.63, 3.8) is 0 Å². The summed E-state index contributed by atoms with van der Waals surface area (Å²) < 4.78 is 7.39. The van der Waals surface area contributed by atoms with E-state index in [1.807, 2.05) is 12.4 Å². The number of rotatable bonds is 2. The predicted octanol–water partition coefficient (Wildman–Crippen LogP) is 4.85. The molecule has 3 N–H and O–H groups in total. The fraction of sp³-hybridized carbons (Fsp3) is 0.594. The molecule has 8 rings (SSSR count). The van der Waals surface area contributed by atoms with Gasteiger partial charge in [-0.3, -0.25) is 9.88 Å². The van der Waals surface area contributed by atoms with Gasteiger partial charge in [0.2, 0.25) is 0 Å². The second kappa shape index (κ2) is 7.75. The molecule has 1 aromatic carbocycles. The van der Waals surface area contributed by atoms with Gasteiger partial charge in [0, 0.05) is 43.0 Å². The Kier molecular flexibility index (Phi) is 4.80. The van der Waals surface area contributed by atoms with Gasteiger partial charge in [0.15, 0.2) is 0 Å². The number of nitrogens with zero attached hydrogens (tertiary/aromatic N) is 2. The molecule has 5 heteroatoms. The summed E-state index contributed by atoms with van der Waals surface area (Å²) in [6.07, 6.45) is 16.9. The van der Waals surface area contributed by atoms with Crippen molar-refractivity contribution in [3.05, 3.63) is 65.5 Å². The lowest BCUT2D eigenvalue weighted by Gasteiger charge is -2.56. The van der Waals surface area contributed by atoms with Gasteiger partial charge in [0.1, 0.15) is 11.7 Å². The van der Waals surface area contributed by atoms with Crippen molar-refractivity contribution in [3.8, 4) is 0 Å². The summed E-state index contributed by atoms with van der Waals surface area (Å²) in [7, 11) is 0. The van der Waals surface area contributed by atoms with Crippen LogP contribution in [0.5, 0.6) is 0 Å². The summed E-state index contributed by atoms with van der Waals surface area (Å²) in [5.74, 6) is 0.981. The number of aliphatic hydroxyl groups is 1. The second-order valence-corrected chi connectivity index (χ2v) is 13.2. The van der Waals surface area contributed by atoms with Crippen LogP contribution in [0.15, 0.2) is 60.0 Å². The van der Waals surface area contributed by atoms with E-state index in [1.54, 1.807) is 0 Å². The average molecular weight is 498 g/mol. The Balaban J connectivity index is 1.15. The van der Waals surface area contributed by atoms with Gasteiger partial charge >= 0.3 is 0 Å². The highest BCUT2D eigenvalue weighted by Gasteiger charge is 2.68. The number of hydrogen-bond donors (Lipinski definition) is 2. The minimum atomic E-state index is -0.516. The summed E-state index contributed by atoms with van der Waals surface area (Å²) in [6, 6.07) is 9.49. The summed E-state index contributed by atoms with van der Waals surface area (Å²) in [6.45, 7) is 4.42. The summed E-state index contributed by atoms with van der Waals surface area (Å²) in [4.78, 5) is 6.83. The van der Waals surface area contributed by atoms with Gasteiger partial charge in [-0.05, 0) is 103 Å². The minimum absolute atomic E-state index is 0.150. The standard InChI is InChI=1S/C32H39N3O2/c1-30-11-8-24-17-23-4-6-27(35-15-10-25(33)19-35)29(36)32(23)13-12-31(24,37-32)28(30)7-5-26(30)21-3-2-20-9-14-34-18-22(20)16-21/h2-3,8-9,14,16-18,25-29,36H,4-7,10-13,15,19,33H2,1H3/t25-,26-,27-,28-,29-,30-,31?,32+/m1/s1. The molecule has 2 aromatic rings. The van der Waals surface area contributed by atoms with Crippen LogP contribution in [0.4, 0.5) is 0 Å². The Hall–Kier alpha value is -2.05. The molecule has 2 saturated heterocycles. The van der Waals surface area contributed by atoms with Gasteiger partial charge in [-0.15, -0.1) is 0 Å². The molecule has 194 valence electrons. The molecule has 2 bridgehead atoms. The molecule has 4 heterocycles. The minimum Gasteiger partial charge on any atom is -0.388 e. The van der Waals surface area contributed by atoms with Crippen LogP contribution in [0.1, 0.15) is 69.8 Å². The Labute approximate surface area is 219 Å². The number of allylic oxidation sites excluding steroid dienone is 1. The van der Waals surface area contributed by atoms with Gasteiger partial charge in [0.25, 0.3) is 0 Å². The molecule has 6 aliphatic rings. The molecule has 4 fully saturated rings. The van der Waals surface area contributed by atoms with Gasteiger partial charge in [0.05, 0.1) is 5.60 Å². The van der Waals surface area contributed by atoms with Crippen LogP contribution < -0.4 is 5.73 Å². The SMILES string of the molecule is C[C@]12CC=C3C=C4CC[C@@H](N5CC[C@@H](N)C5)[C@@H](O)[C@]45CCC3(O5)[C@@H]1CC[C@@H]2c1ccc2ccncc2c1. The van der Waals surface area contributed by atoms with E-state index < -0.39 is 11.7 Å². The summed E-state index contributed by atoms with van der Waals surface area (Å²) >= 11 is 0. The molecule has 3 aliphatic carbocycles. The first-order chi connectivity index (χ1) is 17.9. The number of hydrogen-bond acceptors (Lipinski definition) is 5. The number of pyridine rings is 1. The number of aromatic nitrogens is 1. The zero-order valence-corrected chi connectivity index (χ0v) is 21.9. The average Bonchev–Trinajstić information content (AvgIpc) is 3.59.